The topological polar surface area (TPSA) is 47.6 Å². The largest absolute Gasteiger partial charge is 0.494 e. The molecule has 30 heavy (non-hydrogen) atoms. The zero-order valence-electron chi connectivity index (χ0n) is 17.9. The van der Waals surface area contributed by atoms with Crippen LogP contribution in [0.2, 0.25) is 0 Å². The Balaban J connectivity index is 1.45. The van der Waals surface area contributed by atoms with Crippen molar-refractivity contribution in [3.05, 3.63) is 89.5 Å². The lowest BCUT2D eigenvalue weighted by molar-refractivity contribution is -0.122. The fourth-order valence-electron chi connectivity index (χ4n) is 3.20. The maximum atomic E-state index is 12.5. The summed E-state index contributed by atoms with van der Waals surface area (Å²) >= 11 is 0. The first-order valence-corrected chi connectivity index (χ1v) is 10.3. The van der Waals surface area contributed by atoms with E-state index in [1.165, 1.54) is 5.56 Å². The van der Waals surface area contributed by atoms with Gasteiger partial charge in [-0.1, -0.05) is 48.5 Å². The van der Waals surface area contributed by atoms with Crippen molar-refractivity contribution in [2.75, 3.05) is 11.9 Å². The van der Waals surface area contributed by atoms with Crippen LogP contribution in [-0.4, -0.2) is 18.6 Å². The molecule has 156 valence electrons. The SMILES string of the molecule is Cc1cccc(C)c1OC(C)C(=O)Nc1ccc(OCCCc2ccccc2)cc1. The van der Waals surface area contributed by atoms with Gasteiger partial charge in [-0.3, -0.25) is 4.79 Å². The normalized spacial score (nSPS) is 11.6. The molecule has 0 spiro atoms. The molecule has 0 aromatic heterocycles. The predicted molar refractivity (Wildman–Crippen MR) is 121 cm³/mol. The first-order chi connectivity index (χ1) is 14.5. The molecule has 0 aliphatic heterocycles. The average Bonchev–Trinajstić information content (AvgIpc) is 2.75. The lowest BCUT2D eigenvalue weighted by atomic mass is 10.1. The number of carbonyl (C=O) groups is 1. The van der Waals surface area contributed by atoms with Crippen LogP contribution in [0.1, 0.15) is 30.0 Å². The molecule has 0 fully saturated rings. The fourth-order valence-corrected chi connectivity index (χ4v) is 3.20. The van der Waals surface area contributed by atoms with Gasteiger partial charge in [-0.05, 0) is 74.6 Å². The van der Waals surface area contributed by atoms with Crippen LogP contribution in [0.4, 0.5) is 5.69 Å². The highest BCUT2D eigenvalue weighted by molar-refractivity contribution is 5.94. The van der Waals surface area contributed by atoms with Gasteiger partial charge in [-0.15, -0.1) is 0 Å². The van der Waals surface area contributed by atoms with E-state index in [-0.39, 0.29) is 5.91 Å². The molecule has 0 aliphatic rings. The number of hydrogen-bond donors (Lipinski definition) is 1. The van der Waals surface area contributed by atoms with Crippen LogP contribution in [0.25, 0.3) is 0 Å². The van der Waals surface area contributed by atoms with Crippen LogP contribution < -0.4 is 14.8 Å². The molecule has 4 nitrogen and oxygen atoms in total. The summed E-state index contributed by atoms with van der Waals surface area (Å²) in [5.41, 5.74) is 4.07. The van der Waals surface area contributed by atoms with Crippen molar-refractivity contribution >= 4 is 11.6 Å². The number of anilines is 1. The number of carbonyl (C=O) groups excluding carboxylic acids is 1. The van der Waals surface area contributed by atoms with Gasteiger partial charge in [0.15, 0.2) is 6.10 Å². The molecule has 3 aromatic carbocycles. The lowest BCUT2D eigenvalue weighted by Gasteiger charge is -2.18. The molecular weight excluding hydrogens is 374 g/mol. The minimum atomic E-state index is -0.598. The van der Waals surface area contributed by atoms with Gasteiger partial charge in [-0.25, -0.2) is 0 Å². The van der Waals surface area contributed by atoms with Crippen LogP contribution in [-0.2, 0) is 11.2 Å². The van der Waals surface area contributed by atoms with Crippen LogP contribution in [0.15, 0.2) is 72.8 Å². The summed E-state index contributed by atoms with van der Waals surface area (Å²) in [5, 5.41) is 2.90. The standard InChI is InChI=1S/C26H29NO3/c1-19-9-7-10-20(2)25(19)30-21(3)26(28)27-23-14-16-24(17-15-23)29-18-8-13-22-11-5-4-6-12-22/h4-7,9-12,14-17,21H,8,13,18H2,1-3H3,(H,27,28). The number of aryl methyl sites for hydroxylation is 3. The van der Waals surface area contributed by atoms with Crippen molar-refractivity contribution in [2.24, 2.45) is 0 Å². The summed E-state index contributed by atoms with van der Waals surface area (Å²) in [6, 6.07) is 23.7. The van der Waals surface area contributed by atoms with Gasteiger partial charge in [0.1, 0.15) is 11.5 Å². The molecular formula is C26H29NO3. The smallest absolute Gasteiger partial charge is 0.265 e. The third kappa shape index (κ3) is 6.11. The summed E-state index contributed by atoms with van der Waals surface area (Å²) in [4.78, 5) is 12.5. The molecule has 0 heterocycles. The maximum Gasteiger partial charge on any atom is 0.265 e. The molecule has 1 N–H and O–H groups in total. The summed E-state index contributed by atoms with van der Waals surface area (Å²) in [5.74, 6) is 1.37. The molecule has 1 atom stereocenters. The van der Waals surface area contributed by atoms with E-state index in [2.05, 4.69) is 29.6 Å². The molecule has 0 radical (unpaired) electrons. The second kappa shape index (κ2) is 10.5. The van der Waals surface area contributed by atoms with E-state index >= 15 is 0 Å². The average molecular weight is 404 g/mol. The Bertz CT molecular complexity index is 932. The number of benzene rings is 3. The van der Waals surface area contributed by atoms with Gasteiger partial charge in [0, 0.05) is 5.69 Å². The zero-order valence-corrected chi connectivity index (χ0v) is 17.9. The highest BCUT2D eigenvalue weighted by Gasteiger charge is 2.17. The summed E-state index contributed by atoms with van der Waals surface area (Å²) < 4.78 is 11.7. The number of ether oxygens (including phenoxy) is 2. The molecule has 3 aromatic rings. The molecule has 0 saturated heterocycles. The van der Waals surface area contributed by atoms with Crippen LogP contribution in [0, 0.1) is 13.8 Å². The molecule has 1 amide bonds. The molecule has 0 aliphatic carbocycles. The minimum absolute atomic E-state index is 0.186. The molecule has 4 heteroatoms. The van der Waals surface area contributed by atoms with Crippen molar-refractivity contribution in [1.29, 1.82) is 0 Å². The van der Waals surface area contributed by atoms with Crippen molar-refractivity contribution in [2.45, 2.75) is 39.7 Å². The Morgan fingerprint density at radius 1 is 0.900 bits per heavy atom. The van der Waals surface area contributed by atoms with E-state index in [0.717, 1.165) is 35.5 Å². The van der Waals surface area contributed by atoms with Gasteiger partial charge in [-0.2, -0.15) is 0 Å². The Morgan fingerprint density at radius 3 is 2.23 bits per heavy atom. The number of rotatable bonds is 9. The Morgan fingerprint density at radius 2 is 1.57 bits per heavy atom. The Kier molecular flexibility index (Phi) is 7.50. The second-order valence-electron chi connectivity index (χ2n) is 7.43. The third-order valence-electron chi connectivity index (χ3n) is 4.92. The van der Waals surface area contributed by atoms with E-state index in [0.29, 0.717) is 12.3 Å². The van der Waals surface area contributed by atoms with Gasteiger partial charge in [0.25, 0.3) is 5.91 Å². The number of hydrogen-bond acceptors (Lipinski definition) is 3. The third-order valence-corrected chi connectivity index (χ3v) is 4.92. The number of nitrogens with one attached hydrogen (secondary N) is 1. The van der Waals surface area contributed by atoms with E-state index in [1.807, 2.05) is 62.4 Å². The molecule has 1 unspecified atom stereocenters. The van der Waals surface area contributed by atoms with E-state index in [4.69, 9.17) is 9.47 Å². The monoisotopic (exact) mass is 403 g/mol. The van der Waals surface area contributed by atoms with Gasteiger partial charge in [0.2, 0.25) is 0 Å². The van der Waals surface area contributed by atoms with Gasteiger partial charge < -0.3 is 14.8 Å². The Hall–Kier alpha value is -3.27. The van der Waals surface area contributed by atoms with Crippen LogP contribution >= 0.6 is 0 Å². The lowest BCUT2D eigenvalue weighted by Crippen LogP contribution is -2.30. The first-order valence-electron chi connectivity index (χ1n) is 10.3. The van der Waals surface area contributed by atoms with Crippen molar-refractivity contribution in [1.82, 2.24) is 0 Å². The van der Waals surface area contributed by atoms with Crippen molar-refractivity contribution < 1.29 is 14.3 Å². The minimum Gasteiger partial charge on any atom is -0.494 e. The summed E-state index contributed by atoms with van der Waals surface area (Å²) in [6.45, 7) is 6.36. The Labute approximate surface area is 178 Å². The predicted octanol–water partition coefficient (Wildman–Crippen LogP) is 5.72. The van der Waals surface area contributed by atoms with Crippen molar-refractivity contribution in [3.63, 3.8) is 0 Å². The molecule has 3 rings (SSSR count). The molecule has 0 saturated carbocycles. The maximum absolute atomic E-state index is 12.5. The quantitative estimate of drug-likeness (QED) is 0.465. The van der Waals surface area contributed by atoms with Crippen molar-refractivity contribution in [3.8, 4) is 11.5 Å². The first kappa shape index (κ1) is 21.4. The number of para-hydroxylation sites is 1. The second-order valence-corrected chi connectivity index (χ2v) is 7.43. The van der Waals surface area contributed by atoms with E-state index in [9.17, 15) is 4.79 Å². The van der Waals surface area contributed by atoms with E-state index < -0.39 is 6.10 Å². The van der Waals surface area contributed by atoms with Gasteiger partial charge >= 0.3 is 0 Å². The van der Waals surface area contributed by atoms with Gasteiger partial charge in [0.05, 0.1) is 6.61 Å². The highest BCUT2D eigenvalue weighted by atomic mass is 16.5. The number of amides is 1. The van der Waals surface area contributed by atoms with Crippen LogP contribution in [0.3, 0.4) is 0 Å². The highest BCUT2D eigenvalue weighted by Crippen LogP contribution is 2.24. The zero-order chi connectivity index (χ0) is 21.3. The summed E-state index contributed by atoms with van der Waals surface area (Å²) in [7, 11) is 0. The fraction of sp³-hybridized carbons (Fsp3) is 0.269. The molecule has 0 bridgehead atoms. The van der Waals surface area contributed by atoms with E-state index in [1.54, 1.807) is 6.92 Å². The summed E-state index contributed by atoms with van der Waals surface area (Å²) in [6.07, 6.45) is 1.35. The van der Waals surface area contributed by atoms with Crippen LogP contribution in [0.5, 0.6) is 11.5 Å².